The van der Waals surface area contributed by atoms with Crippen molar-refractivity contribution in [3.8, 4) is 0 Å². The third-order valence-corrected chi connectivity index (χ3v) is 6.38. The van der Waals surface area contributed by atoms with E-state index in [9.17, 15) is 15.0 Å². The van der Waals surface area contributed by atoms with Crippen LogP contribution in [-0.4, -0.2) is 67.8 Å². The van der Waals surface area contributed by atoms with E-state index >= 15 is 0 Å². The standard InChI is InChI=1S/C26H36N2O5/c1-5-27(6-2)21-13-9-19(10-14-21)26(31,24(30)25-32-17-23(29)18-33-25)20-11-15-22(16-12-20)28(7-3)8-4/h9-16,24-25,30-31H,5-8,17-18H2,1-4H3. The Kier molecular flexibility index (Phi) is 8.48. The molecule has 1 aliphatic rings. The fourth-order valence-corrected chi connectivity index (χ4v) is 4.36. The van der Waals surface area contributed by atoms with Gasteiger partial charge in [0.1, 0.15) is 24.9 Å². The quantitative estimate of drug-likeness (QED) is 0.569. The number of anilines is 2. The zero-order chi connectivity index (χ0) is 24.0. The summed E-state index contributed by atoms with van der Waals surface area (Å²) >= 11 is 0. The van der Waals surface area contributed by atoms with Crippen LogP contribution in [0.4, 0.5) is 11.4 Å². The van der Waals surface area contributed by atoms with E-state index in [0.717, 1.165) is 37.6 Å². The van der Waals surface area contributed by atoms with Crippen molar-refractivity contribution in [2.75, 3.05) is 49.2 Å². The molecule has 1 heterocycles. The summed E-state index contributed by atoms with van der Waals surface area (Å²) in [7, 11) is 0. The zero-order valence-electron chi connectivity index (χ0n) is 20.0. The van der Waals surface area contributed by atoms with Crippen molar-refractivity contribution >= 4 is 17.2 Å². The van der Waals surface area contributed by atoms with Crippen molar-refractivity contribution in [3.63, 3.8) is 0 Å². The first-order chi connectivity index (χ1) is 15.9. The minimum atomic E-state index is -1.80. The molecule has 0 aliphatic carbocycles. The van der Waals surface area contributed by atoms with E-state index in [1.807, 2.05) is 48.5 Å². The number of hydrogen-bond acceptors (Lipinski definition) is 7. The molecule has 1 unspecified atom stereocenters. The number of rotatable bonds is 10. The van der Waals surface area contributed by atoms with Crippen LogP contribution in [0.25, 0.3) is 0 Å². The molecule has 7 nitrogen and oxygen atoms in total. The lowest BCUT2D eigenvalue weighted by Crippen LogP contribution is -2.52. The molecular formula is C26H36N2O5. The maximum absolute atomic E-state index is 12.0. The van der Waals surface area contributed by atoms with Gasteiger partial charge in [0.05, 0.1) is 0 Å². The van der Waals surface area contributed by atoms with Gasteiger partial charge >= 0.3 is 0 Å². The highest BCUT2D eigenvalue weighted by Crippen LogP contribution is 2.37. The lowest BCUT2D eigenvalue weighted by atomic mass is 9.81. The summed E-state index contributed by atoms with van der Waals surface area (Å²) in [6.07, 6.45) is -2.57. The molecule has 1 fully saturated rings. The van der Waals surface area contributed by atoms with Crippen molar-refractivity contribution < 1.29 is 24.5 Å². The van der Waals surface area contributed by atoms with Gasteiger partial charge in [-0.15, -0.1) is 0 Å². The van der Waals surface area contributed by atoms with Crippen molar-refractivity contribution in [3.05, 3.63) is 59.7 Å². The van der Waals surface area contributed by atoms with Crippen LogP contribution in [0.15, 0.2) is 48.5 Å². The number of benzene rings is 2. The summed E-state index contributed by atoms with van der Waals surface area (Å²) in [5.74, 6) is -0.200. The first-order valence-electron chi connectivity index (χ1n) is 11.7. The first kappa shape index (κ1) is 25.2. The van der Waals surface area contributed by atoms with Gasteiger partial charge in [0.25, 0.3) is 0 Å². The van der Waals surface area contributed by atoms with E-state index in [1.54, 1.807) is 0 Å². The maximum Gasteiger partial charge on any atom is 0.188 e. The minimum absolute atomic E-state index is 0.153. The van der Waals surface area contributed by atoms with Gasteiger partial charge in [-0.2, -0.15) is 0 Å². The molecule has 2 aromatic rings. The number of carbonyl (C=O) groups excluding carboxylic acids is 1. The number of nitrogens with zero attached hydrogens (tertiary/aromatic N) is 2. The van der Waals surface area contributed by atoms with Gasteiger partial charge in [-0.25, -0.2) is 0 Å². The second kappa shape index (κ2) is 11.1. The Morgan fingerprint density at radius 3 is 1.52 bits per heavy atom. The average Bonchev–Trinajstić information content (AvgIpc) is 2.86. The second-order valence-corrected chi connectivity index (χ2v) is 8.18. The Morgan fingerprint density at radius 2 is 1.18 bits per heavy atom. The Labute approximate surface area is 196 Å². The molecule has 2 aromatic carbocycles. The minimum Gasteiger partial charge on any atom is -0.384 e. The molecule has 1 aliphatic heterocycles. The molecule has 1 saturated heterocycles. The Bertz CT molecular complexity index is 826. The Hall–Kier alpha value is -2.45. The third kappa shape index (κ3) is 5.22. The molecule has 3 rings (SSSR count). The topological polar surface area (TPSA) is 82.5 Å². The van der Waals surface area contributed by atoms with Crippen molar-refractivity contribution in [1.29, 1.82) is 0 Å². The lowest BCUT2D eigenvalue weighted by Gasteiger charge is -2.39. The molecule has 0 spiro atoms. The SMILES string of the molecule is CCN(CC)c1ccc(C(O)(c2ccc(N(CC)CC)cc2)C(O)C2OCC(=O)CO2)cc1. The lowest BCUT2D eigenvalue weighted by molar-refractivity contribution is -0.246. The highest BCUT2D eigenvalue weighted by Gasteiger charge is 2.46. The van der Waals surface area contributed by atoms with Crippen LogP contribution in [0.1, 0.15) is 38.8 Å². The number of aliphatic hydroxyl groups excluding tert-OH is 1. The molecular weight excluding hydrogens is 420 g/mol. The van der Waals surface area contributed by atoms with Crippen molar-refractivity contribution in [2.24, 2.45) is 0 Å². The van der Waals surface area contributed by atoms with Gasteiger partial charge in [0.2, 0.25) is 0 Å². The zero-order valence-corrected chi connectivity index (χ0v) is 20.0. The highest BCUT2D eigenvalue weighted by atomic mass is 16.7. The molecule has 0 radical (unpaired) electrons. The Balaban J connectivity index is 2.01. The van der Waals surface area contributed by atoms with Gasteiger partial charge in [-0.3, -0.25) is 4.79 Å². The number of aliphatic hydroxyl groups is 2. The summed E-state index contributed by atoms with van der Waals surface area (Å²) in [6.45, 7) is 11.5. The van der Waals surface area contributed by atoms with Crippen molar-refractivity contribution in [1.82, 2.24) is 0 Å². The van der Waals surface area contributed by atoms with Crippen LogP contribution in [0.5, 0.6) is 0 Å². The monoisotopic (exact) mass is 456 g/mol. The summed E-state index contributed by atoms with van der Waals surface area (Å²) in [5.41, 5.74) is 1.31. The molecule has 1 atom stereocenters. The summed E-state index contributed by atoms with van der Waals surface area (Å²) < 4.78 is 10.9. The fourth-order valence-electron chi connectivity index (χ4n) is 4.36. The predicted octanol–water partition coefficient (Wildman–Crippen LogP) is 2.92. The number of carbonyl (C=O) groups is 1. The second-order valence-electron chi connectivity index (χ2n) is 8.18. The van der Waals surface area contributed by atoms with Crippen LogP contribution >= 0.6 is 0 Å². The number of ether oxygens (including phenoxy) is 2. The van der Waals surface area contributed by atoms with Crippen molar-refractivity contribution in [2.45, 2.75) is 45.7 Å². The van der Waals surface area contributed by atoms with E-state index in [0.29, 0.717) is 11.1 Å². The van der Waals surface area contributed by atoms with Crippen LogP contribution in [0, 0.1) is 0 Å². The van der Waals surface area contributed by atoms with Gasteiger partial charge < -0.3 is 29.5 Å². The maximum atomic E-state index is 12.0. The molecule has 0 bridgehead atoms. The van der Waals surface area contributed by atoms with Crippen LogP contribution < -0.4 is 9.80 Å². The molecule has 0 amide bonds. The largest absolute Gasteiger partial charge is 0.384 e. The van der Waals surface area contributed by atoms with Gasteiger partial charge in [0, 0.05) is 37.6 Å². The third-order valence-electron chi connectivity index (χ3n) is 6.38. The average molecular weight is 457 g/mol. The number of Topliss-reactive ketones (excluding diaryl/α,β-unsaturated/α-hetero) is 1. The van der Waals surface area contributed by atoms with E-state index in [1.165, 1.54) is 0 Å². The highest BCUT2D eigenvalue weighted by molar-refractivity contribution is 5.81. The van der Waals surface area contributed by atoms with E-state index in [-0.39, 0.29) is 19.0 Å². The number of ketones is 1. The Morgan fingerprint density at radius 1 is 0.818 bits per heavy atom. The van der Waals surface area contributed by atoms with Crippen LogP contribution in [0.3, 0.4) is 0 Å². The smallest absolute Gasteiger partial charge is 0.188 e. The van der Waals surface area contributed by atoms with Crippen LogP contribution in [-0.2, 0) is 19.9 Å². The summed E-state index contributed by atoms with van der Waals surface area (Å²) in [6, 6.07) is 15.1. The molecule has 33 heavy (non-hydrogen) atoms. The summed E-state index contributed by atoms with van der Waals surface area (Å²) in [4.78, 5) is 15.9. The summed E-state index contributed by atoms with van der Waals surface area (Å²) in [5, 5.41) is 23.3. The predicted molar refractivity (Wildman–Crippen MR) is 130 cm³/mol. The van der Waals surface area contributed by atoms with E-state index in [4.69, 9.17) is 9.47 Å². The van der Waals surface area contributed by atoms with E-state index < -0.39 is 18.0 Å². The molecule has 0 saturated carbocycles. The normalized spacial score (nSPS) is 16.0. The van der Waals surface area contributed by atoms with Crippen LogP contribution in [0.2, 0.25) is 0 Å². The first-order valence-corrected chi connectivity index (χ1v) is 11.7. The molecule has 180 valence electrons. The fraction of sp³-hybridized carbons (Fsp3) is 0.500. The van der Waals surface area contributed by atoms with Gasteiger partial charge in [-0.05, 0) is 63.1 Å². The molecule has 0 aromatic heterocycles. The molecule has 7 heteroatoms. The van der Waals surface area contributed by atoms with Gasteiger partial charge in [0.15, 0.2) is 12.1 Å². The molecule has 2 N–H and O–H groups in total. The van der Waals surface area contributed by atoms with Gasteiger partial charge in [-0.1, -0.05) is 24.3 Å². The number of hydrogen-bond donors (Lipinski definition) is 2. The van der Waals surface area contributed by atoms with E-state index in [2.05, 4.69) is 37.5 Å².